The Bertz CT molecular complexity index is 324. The van der Waals surface area contributed by atoms with Gasteiger partial charge in [0.25, 0.3) is 0 Å². The number of hydrogen-bond acceptors (Lipinski definition) is 3. The second kappa shape index (κ2) is 5.32. The molecule has 0 spiro atoms. The predicted octanol–water partition coefficient (Wildman–Crippen LogP) is 2.45. The molecule has 0 amide bonds. The molecule has 0 saturated carbocycles. The number of hydrogen-bond donors (Lipinski definition) is 1. The SMILES string of the molecule is CC1(CNC/C=C/c2ccco2)CCCO1. The zero-order chi connectivity index (χ0) is 11.3. The molecule has 1 saturated heterocycles. The second-order valence-corrected chi connectivity index (χ2v) is 4.45. The van der Waals surface area contributed by atoms with E-state index >= 15 is 0 Å². The first-order valence-corrected chi connectivity index (χ1v) is 5.83. The molecule has 1 aliphatic heterocycles. The molecule has 88 valence electrons. The van der Waals surface area contributed by atoms with E-state index in [9.17, 15) is 0 Å². The summed E-state index contributed by atoms with van der Waals surface area (Å²) >= 11 is 0. The van der Waals surface area contributed by atoms with Crippen molar-refractivity contribution in [1.82, 2.24) is 5.32 Å². The standard InChI is InChI=1S/C13H19NO2/c1-13(7-4-10-16-13)11-14-8-2-5-12-6-3-9-15-12/h2-3,5-6,9,14H,4,7-8,10-11H2,1H3/b5-2+. The predicted molar refractivity (Wildman–Crippen MR) is 64.2 cm³/mol. The molecule has 16 heavy (non-hydrogen) atoms. The molecule has 2 rings (SSSR count). The third-order valence-corrected chi connectivity index (χ3v) is 2.89. The van der Waals surface area contributed by atoms with E-state index in [1.165, 1.54) is 6.42 Å². The van der Waals surface area contributed by atoms with Gasteiger partial charge < -0.3 is 14.5 Å². The highest BCUT2D eigenvalue weighted by molar-refractivity contribution is 5.42. The summed E-state index contributed by atoms with van der Waals surface area (Å²) in [6.07, 6.45) is 8.06. The summed E-state index contributed by atoms with van der Waals surface area (Å²) in [7, 11) is 0. The molecule has 1 atom stereocenters. The van der Waals surface area contributed by atoms with Crippen LogP contribution in [0.1, 0.15) is 25.5 Å². The second-order valence-electron chi connectivity index (χ2n) is 4.45. The van der Waals surface area contributed by atoms with E-state index in [1.54, 1.807) is 6.26 Å². The zero-order valence-corrected chi connectivity index (χ0v) is 9.74. The highest BCUT2D eigenvalue weighted by Crippen LogP contribution is 2.23. The first-order valence-electron chi connectivity index (χ1n) is 5.83. The largest absolute Gasteiger partial charge is 0.465 e. The van der Waals surface area contributed by atoms with Crippen LogP contribution in [0.4, 0.5) is 0 Å². The molecule has 3 nitrogen and oxygen atoms in total. The van der Waals surface area contributed by atoms with Crippen LogP contribution in [-0.2, 0) is 4.74 Å². The van der Waals surface area contributed by atoms with Crippen molar-refractivity contribution in [2.24, 2.45) is 0 Å². The van der Waals surface area contributed by atoms with Crippen molar-refractivity contribution >= 4 is 6.08 Å². The average molecular weight is 221 g/mol. The lowest BCUT2D eigenvalue weighted by atomic mass is 10.0. The summed E-state index contributed by atoms with van der Waals surface area (Å²) in [6, 6.07) is 3.83. The summed E-state index contributed by atoms with van der Waals surface area (Å²) in [6.45, 7) is 4.83. The highest BCUT2D eigenvalue weighted by atomic mass is 16.5. The van der Waals surface area contributed by atoms with Gasteiger partial charge in [0, 0.05) is 19.7 Å². The fourth-order valence-electron chi connectivity index (χ4n) is 1.96. The van der Waals surface area contributed by atoms with Crippen molar-refractivity contribution in [2.75, 3.05) is 19.7 Å². The number of furan rings is 1. The Labute approximate surface area is 96.5 Å². The van der Waals surface area contributed by atoms with Gasteiger partial charge in [0.1, 0.15) is 5.76 Å². The van der Waals surface area contributed by atoms with Gasteiger partial charge in [-0.2, -0.15) is 0 Å². The Hall–Kier alpha value is -1.06. The molecule has 1 N–H and O–H groups in total. The fourth-order valence-corrected chi connectivity index (χ4v) is 1.96. The average Bonchev–Trinajstić information content (AvgIpc) is 2.89. The van der Waals surface area contributed by atoms with Crippen LogP contribution in [0, 0.1) is 0 Å². The first kappa shape index (κ1) is 11.4. The molecule has 0 radical (unpaired) electrons. The van der Waals surface area contributed by atoms with E-state index in [0.29, 0.717) is 0 Å². The monoisotopic (exact) mass is 221 g/mol. The number of ether oxygens (including phenoxy) is 1. The Balaban J connectivity index is 1.65. The highest BCUT2D eigenvalue weighted by Gasteiger charge is 2.28. The lowest BCUT2D eigenvalue weighted by molar-refractivity contribution is 0.0217. The van der Waals surface area contributed by atoms with Gasteiger partial charge in [-0.3, -0.25) is 0 Å². The molecular formula is C13H19NO2. The third-order valence-electron chi connectivity index (χ3n) is 2.89. The fraction of sp³-hybridized carbons (Fsp3) is 0.538. The summed E-state index contributed by atoms with van der Waals surface area (Å²) in [5.74, 6) is 0.894. The molecule has 0 aromatic carbocycles. The molecule has 0 bridgehead atoms. The van der Waals surface area contributed by atoms with Gasteiger partial charge in [0.05, 0.1) is 11.9 Å². The van der Waals surface area contributed by atoms with E-state index in [4.69, 9.17) is 9.15 Å². The molecule has 2 heterocycles. The van der Waals surface area contributed by atoms with Crippen molar-refractivity contribution in [3.63, 3.8) is 0 Å². The lowest BCUT2D eigenvalue weighted by Crippen LogP contribution is -2.37. The Morgan fingerprint density at radius 1 is 1.56 bits per heavy atom. The Morgan fingerprint density at radius 3 is 3.19 bits per heavy atom. The van der Waals surface area contributed by atoms with Crippen LogP contribution in [0.25, 0.3) is 6.08 Å². The minimum absolute atomic E-state index is 0.0402. The normalized spacial score (nSPS) is 25.6. The Kier molecular flexibility index (Phi) is 3.80. The molecule has 1 aromatic rings. The smallest absolute Gasteiger partial charge is 0.126 e. The summed E-state index contributed by atoms with van der Waals surface area (Å²) in [5, 5.41) is 3.38. The summed E-state index contributed by atoms with van der Waals surface area (Å²) < 4.78 is 10.9. The van der Waals surface area contributed by atoms with Crippen LogP contribution in [0.2, 0.25) is 0 Å². The van der Waals surface area contributed by atoms with Crippen molar-refractivity contribution in [3.05, 3.63) is 30.2 Å². The molecule has 1 aliphatic rings. The molecule has 0 aliphatic carbocycles. The quantitative estimate of drug-likeness (QED) is 0.775. The van der Waals surface area contributed by atoms with Crippen molar-refractivity contribution in [1.29, 1.82) is 0 Å². The van der Waals surface area contributed by atoms with Gasteiger partial charge in [-0.25, -0.2) is 0 Å². The van der Waals surface area contributed by atoms with Crippen LogP contribution in [0.3, 0.4) is 0 Å². The molecule has 1 aromatic heterocycles. The van der Waals surface area contributed by atoms with E-state index in [-0.39, 0.29) is 5.60 Å². The van der Waals surface area contributed by atoms with Gasteiger partial charge in [0.2, 0.25) is 0 Å². The van der Waals surface area contributed by atoms with Crippen molar-refractivity contribution < 1.29 is 9.15 Å². The summed E-state index contributed by atoms with van der Waals surface area (Å²) in [5.41, 5.74) is 0.0402. The van der Waals surface area contributed by atoms with Crippen molar-refractivity contribution in [3.8, 4) is 0 Å². The van der Waals surface area contributed by atoms with Gasteiger partial charge in [-0.15, -0.1) is 0 Å². The maximum absolute atomic E-state index is 5.69. The van der Waals surface area contributed by atoms with Crippen LogP contribution < -0.4 is 5.32 Å². The minimum Gasteiger partial charge on any atom is -0.465 e. The van der Waals surface area contributed by atoms with Crippen molar-refractivity contribution in [2.45, 2.75) is 25.4 Å². The van der Waals surface area contributed by atoms with Crippen LogP contribution in [0.15, 0.2) is 28.9 Å². The molecule has 1 fully saturated rings. The van der Waals surface area contributed by atoms with Gasteiger partial charge in [0.15, 0.2) is 0 Å². The van der Waals surface area contributed by atoms with Crippen LogP contribution in [0.5, 0.6) is 0 Å². The van der Waals surface area contributed by atoms with Gasteiger partial charge in [-0.1, -0.05) is 6.08 Å². The van der Waals surface area contributed by atoms with Gasteiger partial charge >= 0.3 is 0 Å². The maximum Gasteiger partial charge on any atom is 0.126 e. The Morgan fingerprint density at radius 2 is 2.50 bits per heavy atom. The van der Waals surface area contributed by atoms with Gasteiger partial charge in [-0.05, 0) is 38.0 Å². The number of nitrogens with one attached hydrogen (secondary N) is 1. The van der Waals surface area contributed by atoms with Crippen LogP contribution >= 0.6 is 0 Å². The van der Waals surface area contributed by atoms with E-state index in [0.717, 1.165) is 31.9 Å². The summed E-state index contributed by atoms with van der Waals surface area (Å²) in [4.78, 5) is 0. The molecule has 1 unspecified atom stereocenters. The molecule has 3 heteroatoms. The zero-order valence-electron chi connectivity index (χ0n) is 9.74. The molecular weight excluding hydrogens is 202 g/mol. The first-order chi connectivity index (χ1) is 7.79. The lowest BCUT2D eigenvalue weighted by Gasteiger charge is -2.22. The van der Waals surface area contributed by atoms with E-state index in [1.807, 2.05) is 18.2 Å². The minimum atomic E-state index is 0.0402. The van der Waals surface area contributed by atoms with E-state index < -0.39 is 0 Å². The third kappa shape index (κ3) is 3.22. The topological polar surface area (TPSA) is 34.4 Å². The number of rotatable bonds is 5. The van der Waals surface area contributed by atoms with Crippen LogP contribution in [-0.4, -0.2) is 25.3 Å². The van der Waals surface area contributed by atoms with E-state index in [2.05, 4.69) is 18.3 Å². The maximum atomic E-state index is 5.69.